The summed E-state index contributed by atoms with van der Waals surface area (Å²) < 4.78 is 22.9. The third-order valence-electron chi connectivity index (χ3n) is 2.22. The van der Waals surface area contributed by atoms with Gasteiger partial charge in [0.05, 0.1) is 16.3 Å². The molecule has 1 amide bonds. The van der Waals surface area contributed by atoms with Crippen LogP contribution in [-0.4, -0.2) is 38.2 Å². The number of benzene rings is 1. The number of amides is 1. The second kappa shape index (κ2) is 6.03. The summed E-state index contributed by atoms with van der Waals surface area (Å²) in [5, 5.41) is 10.8. The van der Waals surface area contributed by atoms with Crippen molar-refractivity contribution in [1.29, 1.82) is 0 Å². The number of aliphatic carboxylic acids is 1. The molecule has 6 nitrogen and oxygen atoms in total. The molecule has 0 aliphatic rings. The summed E-state index contributed by atoms with van der Waals surface area (Å²) in [5.41, 5.74) is 0.107. The highest BCUT2D eigenvalue weighted by Gasteiger charge is 2.15. The lowest BCUT2D eigenvalue weighted by Gasteiger charge is -2.06. The van der Waals surface area contributed by atoms with Gasteiger partial charge in [0, 0.05) is 18.4 Å². The van der Waals surface area contributed by atoms with E-state index in [1.54, 1.807) is 0 Å². The monoisotopic (exact) mass is 305 g/mol. The van der Waals surface area contributed by atoms with Crippen molar-refractivity contribution >= 4 is 33.3 Å². The number of hydrogen-bond acceptors (Lipinski definition) is 4. The molecule has 8 heteroatoms. The van der Waals surface area contributed by atoms with Gasteiger partial charge >= 0.3 is 5.97 Å². The maximum Gasteiger partial charge on any atom is 0.305 e. The van der Waals surface area contributed by atoms with Crippen LogP contribution < -0.4 is 5.32 Å². The smallest absolute Gasteiger partial charge is 0.305 e. The lowest BCUT2D eigenvalue weighted by molar-refractivity contribution is -0.136. The molecule has 1 aromatic carbocycles. The molecule has 0 bridgehead atoms. The summed E-state index contributed by atoms with van der Waals surface area (Å²) in [7, 11) is -3.53. The van der Waals surface area contributed by atoms with E-state index in [1.165, 1.54) is 12.1 Å². The Morgan fingerprint density at radius 1 is 1.37 bits per heavy atom. The Labute approximate surface area is 115 Å². The molecule has 104 valence electrons. The predicted octanol–water partition coefficient (Wildman–Crippen LogP) is 0.948. The minimum Gasteiger partial charge on any atom is -0.481 e. The average molecular weight is 306 g/mol. The third kappa shape index (κ3) is 4.53. The Bertz CT molecular complexity index is 612. The number of carbonyl (C=O) groups excluding carboxylic acids is 1. The van der Waals surface area contributed by atoms with Crippen molar-refractivity contribution in [2.75, 3.05) is 12.8 Å². The fraction of sp³-hybridized carbons (Fsp3) is 0.273. The number of sulfone groups is 1. The van der Waals surface area contributed by atoms with Crippen LogP contribution in [0.2, 0.25) is 5.02 Å². The van der Waals surface area contributed by atoms with Crippen molar-refractivity contribution in [2.24, 2.45) is 0 Å². The van der Waals surface area contributed by atoms with E-state index in [0.717, 1.165) is 12.3 Å². The Kier molecular flexibility index (Phi) is 4.90. The first-order valence-corrected chi connectivity index (χ1v) is 7.48. The highest BCUT2D eigenvalue weighted by molar-refractivity contribution is 7.90. The van der Waals surface area contributed by atoms with Crippen LogP contribution >= 0.6 is 11.6 Å². The quantitative estimate of drug-likeness (QED) is 0.843. The fourth-order valence-electron chi connectivity index (χ4n) is 1.31. The average Bonchev–Trinajstić information content (AvgIpc) is 2.27. The number of carboxylic acid groups (broad SMARTS) is 1. The van der Waals surface area contributed by atoms with E-state index in [4.69, 9.17) is 16.7 Å². The van der Waals surface area contributed by atoms with Gasteiger partial charge in [-0.1, -0.05) is 11.6 Å². The van der Waals surface area contributed by atoms with Crippen LogP contribution in [-0.2, 0) is 14.6 Å². The van der Waals surface area contributed by atoms with Crippen LogP contribution in [0.15, 0.2) is 23.1 Å². The Hall–Kier alpha value is -1.60. The minimum absolute atomic E-state index is 0.0320. The molecule has 1 aromatic rings. The number of carbonyl (C=O) groups is 2. The molecule has 0 saturated carbocycles. The van der Waals surface area contributed by atoms with Crippen molar-refractivity contribution in [2.45, 2.75) is 11.3 Å². The van der Waals surface area contributed by atoms with Crippen LogP contribution in [0.3, 0.4) is 0 Å². The molecule has 0 spiro atoms. The van der Waals surface area contributed by atoms with E-state index in [-0.39, 0.29) is 28.4 Å². The molecule has 2 N–H and O–H groups in total. The van der Waals surface area contributed by atoms with Gasteiger partial charge in [0.1, 0.15) is 0 Å². The second-order valence-corrected chi connectivity index (χ2v) is 6.21. The van der Waals surface area contributed by atoms with Gasteiger partial charge in [-0.25, -0.2) is 8.42 Å². The Balaban J connectivity index is 2.91. The molecule has 1 rings (SSSR count). The summed E-state index contributed by atoms with van der Waals surface area (Å²) in [6.07, 6.45) is 0.776. The molecule has 19 heavy (non-hydrogen) atoms. The van der Waals surface area contributed by atoms with Crippen molar-refractivity contribution in [3.05, 3.63) is 28.8 Å². The number of nitrogens with one attached hydrogen (secondary N) is 1. The summed E-state index contributed by atoms with van der Waals surface area (Å²) in [5.74, 6) is -1.59. The Morgan fingerprint density at radius 3 is 2.53 bits per heavy atom. The zero-order chi connectivity index (χ0) is 14.6. The standard InChI is InChI=1S/C11H12ClNO5S/c1-19(17,18)9-6-7(2-3-8(9)12)11(16)13-5-4-10(14)15/h2-3,6H,4-5H2,1H3,(H,13,16)(H,14,15). The summed E-state index contributed by atoms with van der Waals surface area (Å²) in [6.45, 7) is -0.0367. The third-order valence-corrected chi connectivity index (χ3v) is 3.80. The molecule has 0 radical (unpaired) electrons. The van der Waals surface area contributed by atoms with Gasteiger partial charge in [-0.3, -0.25) is 9.59 Å². The van der Waals surface area contributed by atoms with Gasteiger partial charge in [-0.05, 0) is 18.2 Å². The van der Waals surface area contributed by atoms with Gasteiger partial charge in [0.15, 0.2) is 9.84 Å². The van der Waals surface area contributed by atoms with Gasteiger partial charge in [0.2, 0.25) is 0 Å². The highest BCUT2D eigenvalue weighted by Crippen LogP contribution is 2.22. The van der Waals surface area contributed by atoms with Gasteiger partial charge < -0.3 is 10.4 Å². The maximum absolute atomic E-state index is 11.7. The van der Waals surface area contributed by atoms with E-state index >= 15 is 0 Å². The zero-order valence-electron chi connectivity index (χ0n) is 10.0. The van der Waals surface area contributed by atoms with Crippen molar-refractivity contribution < 1.29 is 23.1 Å². The number of halogens is 1. The van der Waals surface area contributed by atoms with E-state index in [1.807, 2.05) is 0 Å². The van der Waals surface area contributed by atoms with E-state index in [9.17, 15) is 18.0 Å². The van der Waals surface area contributed by atoms with Crippen LogP contribution in [0, 0.1) is 0 Å². The van der Waals surface area contributed by atoms with Crippen molar-refractivity contribution in [1.82, 2.24) is 5.32 Å². The molecule has 0 aliphatic carbocycles. The fourth-order valence-corrected chi connectivity index (χ4v) is 2.62. The predicted molar refractivity (Wildman–Crippen MR) is 69.1 cm³/mol. The van der Waals surface area contributed by atoms with Gasteiger partial charge in [-0.2, -0.15) is 0 Å². The van der Waals surface area contributed by atoms with Crippen LogP contribution in [0.5, 0.6) is 0 Å². The molecule has 0 aliphatic heterocycles. The normalized spacial score (nSPS) is 11.1. The summed E-state index contributed by atoms with van der Waals surface area (Å²) in [6, 6.07) is 3.84. The molecule has 0 atom stereocenters. The number of hydrogen-bond donors (Lipinski definition) is 2. The minimum atomic E-state index is -3.53. The lowest BCUT2D eigenvalue weighted by Crippen LogP contribution is -2.26. The first-order chi connectivity index (χ1) is 8.71. The molecule has 0 fully saturated rings. The molecule has 0 unspecified atom stereocenters. The SMILES string of the molecule is CS(=O)(=O)c1cc(C(=O)NCCC(=O)O)ccc1Cl. The van der Waals surface area contributed by atoms with Crippen LogP contribution in [0.4, 0.5) is 0 Å². The topological polar surface area (TPSA) is 101 Å². The van der Waals surface area contributed by atoms with Crippen molar-refractivity contribution in [3.63, 3.8) is 0 Å². The van der Waals surface area contributed by atoms with E-state index in [2.05, 4.69) is 5.32 Å². The molecule has 0 heterocycles. The summed E-state index contributed by atoms with van der Waals surface area (Å²) >= 11 is 5.74. The van der Waals surface area contributed by atoms with E-state index < -0.39 is 21.7 Å². The highest BCUT2D eigenvalue weighted by atomic mass is 35.5. The summed E-state index contributed by atoms with van der Waals surface area (Å²) in [4.78, 5) is 21.8. The molecule has 0 aromatic heterocycles. The number of rotatable bonds is 5. The van der Waals surface area contributed by atoms with Crippen molar-refractivity contribution in [3.8, 4) is 0 Å². The largest absolute Gasteiger partial charge is 0.481 e. The lowest BCUT2D eigenvalue weighted by atomic mass is 10.2. The molecular weight excluding hydrogens is 294 g/mol. The van der Waals surface area contributed by atoms with Crippen LogP contribution in [0.1, 0.15) is 16.8 Å². The number of carboxylic acids is 1. The zero-order valence-corrected chi connectivity index (χ0v) is 11.6. The van der Waals surface area contributed by atoms with Gasteiger partial charge in [-0.15, -0.1) is 0 Å². The molecule has 0 saturated heterocycles. The van der Waals surface area contributed by atoms with E-state index in [0.29, 0.717) is 0 Å². The van der Waals surface area contributed by atoms with Gasteiger partial charge in [0.25, 0.3) is 5.91 Å². The second-order valence-electron chi connectivity index (χ2n) is 3.82. The maximum atomic E-state index is 11.7. The first kappa shape index (κ1) is 15.5. The first-order valence-electron chi connectivity index (χ1n) is 5.21. The van der Waals surface area contributed by atoms with Crippen LogP contribution in [0.25, 0.3) is 0 Å². The molecular formula is C11H12ClNO5S. The Morgan fingerprint density at radius 2 is 2.00 bits per heavy atom.